The summed E-state index contributed by atoms with van der Waals surface area (Å²) in [4.78, 5) is 10.7. The van der Waals surface area contributed by atoms with Crippen LogP contribution in [0.5, 0.6) is 0 Å². The summed E-state index contributed by atoms with van der Waals surface area (Å²) in [6.45, 7) is 0. The van der Waals surface area contributed by atoms with Gasteiger partial charge in [-0.25, -0.2) is 10.2 Å². The molecule has 2 aromatic rings. The molecular formula is C15H15N3OS. The Kier molecular flexibility index (Phi) is 4.79. The van der Waals surface area contributed by atoms with Crippen LogP contribution in [0.2, 0.25) is 0 Å². The zero-order chi connectivity index (χ0) is 14.4. The van der Waals surface area contributed by atoms with E-state index in [1.54, 1.807) is 0 Å². The number of rotatable bonds is 4. The number of amides is 2. The number of nitrogens with one attached hydrogen (secondary N) is 1. The minimum Gasteiger partial charge on any atom is -0.350 e. The van der Waals surface area contributed by atoms with Crippen molar-refractivity contribution in [2.45, 2.75) is 0 Å². The van der Waals surface area contributed by atoms with Crippen molar-refractivity contribution in [3.05, 3.63) is 60.2 Å². The topological polar surface area (TPSA) is 67.5 Å². The first kappa shape index (κ1) is 14.1. The Morgan fingerprint density at radius 3 is 2.20 bits per heavy atom. The molecule has 5 heteroatoms. The maximum atomic E-state index is 10.7. The zero-order valence-corrected chi connectivity index (χ0v) is 11.7. The van der Waals surface area contributed by atoms with E-state index < -0.39 is 6.03 Å². The van der Waals surface area contributed by atoms with Crippen LogP contribution in [0.3, 0.4) is 0 Å². The number of thiol groups is 1. The van der Waals surface area contributed by atoms with Gasteiger partial charge in [0.15, 0.2) is 0 Å². The van der Waals surface area contributed by atoms with Crippen molar-refractivity contribution in [2.75, 3.05) is 5.75 Å². The van der Waals surface area contributed by atoms with E-state index in [1.807, 2.05) is 42.5 Å². The molecule has 0 aliphatic carbocycles. The first-order chi connectivity index (χ1) is 9.70. The molecule has 3 N–H and O–H groups in total. The Morgan fingerprint density at radius 1 is 1.05 bits per heavy atom. The standard InChI is InChI=1S/C15H15N3OS/c16-15(19)18-17-14(10-20)13-8-6-12(7-9-13)11-4-2-1-3-5-11/h1-9,20H,10H2,(H3,16,18,19)/b17-14+. The molecule has 2 rings (SSSR count). The first-order valence-electron chi connectivity index (χ1n) is 6.09. The molecule has 0 aromatic heterocycles. The average molecular weight is 285 g/mol. The van der Waals surface area contributed by atoms with Crippen LogP contribution in [-0.4, -0.2) is 17.5 Å². The van der Waals surface area contributed by atoms with Crippen LogP contribution in [0, 0.1) is 0 Å². The number of urea groups is 1. The number of nitrogens with zero attached hydrogens (tertiary/aromatic N) is 1. The summed E-state index contributed by atoms with van der Waals surface area (Å²) in [6.07, 6.45) is 0. The lowest BCUT2D eigenvalue weighted by Gasteiger charge is -2.06. The van der Waals surface area contributed by atoms with E-state index in [4.69, 9.17) is 5.73 Å². The molecular weight excluding hydrogens is 270 g/mol. The van der Waals surface area contributed by atoms with Crippen LogP contribution in [0.1, 0.15) is 5.56 Å². The third-order valence-corrected chi connectivity index (χ3v) is 3.08. The fourth-order valence-electron chi connectivity index (χ4n) is 1.80. The molecule has 0 saturated heterocycles. The Morgan fingerprint density at radius 2 is 1.65 bits per heavy atom. The highest BCUT2D eigenvalue weighted by Gasteiger charge is 2.03. The Balaban J connectivity index is 2.23. The molecule has 4 nitrogen and oxygen atoms in total. The maximum Gasteiger partial charge on any atom is 0.332 e. The highest BCUT2D eigenvalue weighted by Crippen LogP contribution is 2.19. The van der Waals surface area contributed by atoms with Crippen molar-refractivity contribution < 1.29 is 4.79 Å². The van der Waals surface area contributed by atoms with Crippen molar-refractivity contribution in [3.8, 4) is 11.1 Å². The molecule has 20 heavy (non-hydrogen) atoms. The Labute approximate surface area is 123 Å². The molecule has 0 radical (unpaired) electrons. The van der Waals surface area contributed by atoms with Gasteiger partial charge in [0.2, 0.25) is 0 Å². The third kappa shape index (κ3) is 3.61. The summed E-state index contributed by atoms with van der Waals surface area (Å²) in [7, 11) is 0. The lowest BCUT2D eigenvalue weighted by Crippen LogP contribution is -2.26. The average Bonchev–Trinajstić information content (AvgIpc) is 2.49. The van der Waals surface area contributed by atoms with Crippen LogP contribution >= 0.6 is 12.6 Å². The van der Waals surface area contributed by atoms with Gasteiger partial charge in [-0.15, -0.1) is 0 Å². The number of nitrogens with two attached hydrogens (primary N) is 1. The normalized spacial score (nSPS) is 11.2. The predicted molar refractivity (Wildman–Crippen MR) is 85.0 cm³/mol. The summed E-state index contributed by atoms with van der Waals surface area (Å²) in [5.74, 6) is 0.408. The Bertz CT molecular complexity index is 609. The minimum atomic E-state index is -0.690. The second-order valence-corrected chi connectivity index (χ2v) is 4.45. The van der Waals surface area contributed by atoms with Gasteiger partial charge in [0.05, 0.1) is 5.71 Å². The number of carbonyl (C=O) groups excluding carboxylic acids is 1. The summed E-state index contributed by atoms with van der Waals surface area (Å²) in [6, 6.07) is 17.3. The van der Waals surface area contributed by atoms with Crippen LogP contribution < -0.4 is 11.2 Å². The molecule has 0 spiro atoms. The SMILES string of the molecule is NC(=O)N/N=C(\CS)c1ccc(-c2ccccc2)cc1. The van der Waals surface area contributed by atoms with E-state index in [2.05, 4.69) is 35.3 Å². The molecule has 0 bridgehead atoms. The number of hydrogen-bond donors (Lipinski definition) is 3. The van der Waals surface area contributed by atoms with Gasteiger partial charge in [-0.2, -0.15) is 17.7 Å². The minimum absolute atomic E-state index is 0.408. The van der Waals surface area contributed by atoms with Crippen molar-refractivity contribution in [1.29, 1.82) is 0 Å². The number of hydrogen-bond acceptors (Lipinski definition) is 3. The van der Waals surface area contributed by atoms with E-state index >= 15 is 0 Å². The molecule has 0 fully saturated rings. The summed E-state index contributed by atoms with van der Waals surface area (Å²) < 4.78 is 0. The van der Waals surface area contributed by atoms with Crippen molar-refractivity contribution in [1.82, 2.24) is 5.43 Å². The van der Waals surface area contributed by atoms with Gasteiger partial charge in [-0.1, -0.05) is 54.6 Å². The molecule has 0 atom stereocenters. The van der Waals surface area contributed by atoms with Gasteiger partial charge in [0.1, 0.15) is 0 Å². The van der Waals surface area contributed by atoms with Crippen molar-refractivity contribution in [2.24, 2.45) is 10.8 Å². The third-order valence-electron chi connectivity index (χ3n) is 2.78. The van der Waals surface area contributed by atoms with Crippen molar-refractivity contribution in [3.63, 3.8) is 0 Å². The Hall–Kier alpha value is -2.27. The molecule has 0 aliphatic heterocycles. The highest BCUT2D eigenvalue weighted by atomic mass is 32.1. The van der Waals surface area contributed by atoms with Crippen LogP contribution in [0.4, 0.5) is 4.79 Å². The molecule has 0 unspecified atom stereocenters. The maximum absolute atomic E-state index is 10.7. The van der Waals surface area contributed by atoms with E-state index in [0.717, 1.165) is 16.7 Å². The lowest BCUT2D eigenvalue weighted by atomic mass is 10.0. The predicted octanol–water partition coefficient (Wildman–Crippen LogP) is 2.66. The summed E-state index contributed by atoms with van der Waals surface area (Å²) >= 11 is 4.20. The van der Waals surface area contributed by atoms with E-state index in [9.17, 15) is 4.79 Å². The molecule has 0 aliphatic rings. The van der Waals surface area contributed by atoms with Gasteiger partial charge in [0, 0.05) is 5.75 Å². The van der Waals surface area contributed by atoms with Crippen LogP contribution in [-0.2, 0) is 0 Å². The van der Waals surface area contributed by atoms with Crippen LogP contribution in [0.25, 0.3) is 11.1 Å². The highest BCUT2D eigenvalue weighted by molar-refractivity contribution is 7.81. The molecule has 2 aromatic carbocycles. The molecule has 2 amide bonds. The number of benzene rings is 2. The van der Waals surface area contributed by atoms with Gasteiger partial charge in [-0.3, -0.25) is 0 Å². The van der Waals surface area contributed by atoms with Crippen molar-refractivity contribution >= 4 is 24.4 Å². The number of hydrazone groups is 1. The fraction of sp³-hybridized carbons (Fsp3) is 0.0667. The fourth-order valence-corrected chi connectivity index (χ4v) is 2.05. The van der Waals surface area contributed by atoms with E-state index in [-0.39, 0.29) is 0 Å². The number of primary amides is 1. The van der Waals surface area contributed by atoms with Gasteiger partial charge >= 0.3 is 6.03 Å². The van der Waals surface area contributed by atoms with Gasteiger partial charge < -0.3 is 5.73 Å². The quantitative estimate of drug-likeness (QED) is 0.451. The van der Waals surface area contributed by atoms with E-state index in [0.29, 0.717) is 11.5 Å². The first-order valence-corrected chi connectivity index (χ1v) is 6.72. The lowest BCUT2D eigenvalue weighted by molar-refractivity contribution is 0.249. The molecule has 0 heterocycles. The summed E-state index contributed by atoms with van der Waals surface area (Å²) in [5.41, 5.74) is 11.0. The van der Waals surface area contributed by atoms with Crippen LogP contribution in [0.15, 0.2) is 59.7 Å². The zero-order valence-electron chi connectivity index (χ0n) is 10.8. The number of carbonyl (C=O) groups is 1. The summed E-state index contributed by atoms with van der Waals surface area (Å²) in [5, 5.41) is 3.93. The van der Waals surface area contributed by atoms with E-state index in [1.165, 1.54) is 0 Å². The van der Waals surface area contributed by atoms with Gasteiger partial charge in [-0.05, 0) is 16.7 Å². The second kappa shape index (κ2) is 6.77. The largest absolute Gasteiger partial charge is 0.350 e. The smallest absolute Gasteiger partial charge is 0.332 e. The second-order valence-electron chi connectivity index (χ2n) is 4.14. The molecule has 102 valence electrons. The monoisotopic (exact) mass is 285 g/mol. The molecule has 0 saturated carbocycles. The van der Waals surface area contributed by atoms with Gasteiger partial charge in [0.25, 0.3) is 0 Å².